The summed E-state index contributed by atoms with van der Waals surface area (Å²) in [5, 5.41) is 12.0. The Kier molecular flexibility index (Phi) is 5.20. The summed E-state index contributed by atoms with van der Waals surface area (Å²) in [5.41, 5.74) is 1.16. The molecule has 2 aromatic carbocycles. The number of halogens is 2. The molecule has 2 rings (SSSR count). The topological polar surface area (TPSA) is 62.1 Å². The Morgan fingerprint density at radius 2 is 2.00 bits per heavy atom. The second-order valence-corrected chi connectivity index (χ2v) is 5.36. The third kappa shape index (κ3) is 4.48. The molecular formula is C15H10BrClN2O2. The summed E-state index contributed by atoms with van der Waals surface area (Å²) in [5.74, 6) is 0.245. The molecule has 0 unspecified atom stereocenters. The number of rotatable bonds is 4. The predicted octanol–water partition coefficient (Wildman–Crippen LogP) is 3.99. The Balaban J connectivity index is 1.89. The summed E-state index contributed by atoms with van der Waals surface area (Å²) >= 11 is 9.16. The van der Waals surface area contributed by atoms with E-state index in [1.807, 2.05) is 6.07 Å². The highest BCUT2D eigenvalue weighted by Gasteiger charge is 2.05. The summed E-state index contributed by atoms with van der Waals surface area (Å²) < 4.78 is 6.04. The first-order valence-electron chi connectivity index (χ1n) is 5.96. The molecule has 0 atom stereocenters. The summed E-state index contributed by atoms with van der Waals surface area (Å²) in [6.07, 6.45) is 0. The fourth-order valence-electron chi connectivity index (χ4n) is 1.55. The first kappa shape index (κ1) is 15.4. The fourth-order valence-corrected chi connectivity index (χ4v) is 2.04. The smallest absolute Gasteiger partial charge is 0.262 e. The van der Waals surface area contributed by atoms with Crippen molar-refractivity contribution in [2.45, 2.75) is 0 Å². The standard InChI is InChI=1S/C15H10BrClN2O2/c16-13-7-11(3-6-14(13)17)19-15(20)9-21-12-4-1-10(8-18)2-5-12/h1-7H,9H2,(H,19,20). The summed E-state index contributed by atoms with van der Waals surface area (Å²) in [4.78, 5) is 11.8. The van der Waals surface area contributed by atoms with Crippen LogP contribution in [-0.2, 0) is 4.79 Å². The minimum atomic E-state index is -0.284. The van der Waals surface area contributed by atoms with Crippen molar-refractivity contribution in [2.75, 3.05) is 11.9 Å². The Morgan fingerprint density at radius 3 is 2.62 bits per heavy atom. The van der Waals surface area contributed by atoms with E-state index in [9.17, 15) is 4.79 Å². The number of hydrogen-bond acceptors (Lipinski definition) is 3. The Morgan fingerprint density at radius 1 is 1.29 bits per heavy atom. The average molecular weight is 366 g/mol. The van der Waals surface area contributed by atoms with Crippen molar-refractivity contribution in [3.63, 3.8) is 0 Å². The van der Waals surface area contributed by atoms with Gasteiger partial charge >= 0.3 is 0 Å². The van der Waals surface area contributed by atoms with Gasteiger partial charge in [-0.25, -0.2) is 0 Å². The van der Waals surface area contributed by atoms with Gasteiger partial charge in [-0.15, -0.1) is 0 Å². The summed E-state index contributed by atoms with van der Waals surface area (Å²) in [6.45, 7) is -0.119. The van der Waals surface area contributed by atoms with Crippen LogP contribution in [0.2, 0.25) is 5.02 Å². The molecule has 0 aromatic heterocycles. The van der Waals surface area contributed by atoms with Crippen LogP contribution < -0.4 is 10.1 Å². The molecule has 0 radical (unpaired) electrons. The average Bonchev–Trinajstić information content (AvgIpc) is 2.49. The maximum absolute atomic E-state index is 11.8. The molecule has 6 heteroatoms. The van der Waals surface area contributed by atoms with Gasteiger partial charge in [0.05, 0.1) is 16.7 Å². The van der Waals surface area contributed by atoms with Crippen LogP contribution in [0.1, 0.15) is 5.56 Å². The van der Waals surface area contributed by atoms with Crippen molar-refractivity contribution in [1.82, 2.24) is 0 Å². The van der Waals surface area contributed by atoms with Gasteiger partial charge in [0.2, 0.25) is 0 Å². The van der Waals surface area contributed by atoms with E-state index in [-0.39, 0.29) is 12.5 Å². The van der Waals surface area contributed by atoms with Crippen LogP contribution in [0.3, 0.4) is 0 Å². The largest absolute Gasteiger partial charge is 0.484 e. The molecule has 0 aliphatic rings. The molecule has 0 aliphatic carbocycles. The molecule has 106 valence electrons. The van der Waals surface area contributed by atoms with Crippen molar-refractivity contribution < 1.29 is 9.53 Å². The van der Waals surface area contributed by atoms with Crippen LogP contribution >= 0.6 is 27.5 Å². The quantitative estimate of drug-likeness (QED) is 0.891. The van der Waals surface area contributed by atoms with Gasteiger partial charge in [-0.1, -0.05) is 11.6 Å². The van der Waals surface area contributed by atoms with Gasteiger partial charge in [-0.3, -0.25) is 4.79 Å². The van der Waals surface area contributed by atoms with E-state index in [1.165, 1.54) is 0 Å². The number of anilines is 1. The van der Waals surface area contributed by atoms with Gasteiger partial charge in [0.1, 0.15) is 5.75 Å². The van der Waals surface area contributed by atoms with Crippen LogP contribution in [-0.4, -0.2) is 12.5 Å². The zero-order valence-electron chi connectivity index (χ0n) is 10.8. The molecular weight excluding hydrogens is 356 g/mol. The third-order valence-electron chi connectivity index (χ3n) is 2.56. The lowest BCUT2D eigenvalue weighted by Crippen LogP contribution is -2.20. The Hall–Kier alpha value is -2.03. The number of nitriles is 1. The molecule has 1 amide bonds. The molecule has 0 saturated heterocycles. The van der Waals surface area contributed by atoms with Gasteiger partial charge in [-0.2, -0.15) is 5.26 Å². The maximum atomic E-state index is 11.8. The van der Waals surface area contributed by atoms with Gasteiger partial charge in [-0.05, 0) is 58.4 Å². The van der Waals surface area contributed by atoms with Crippen LogP contribution in [0.4, 0.5) is 5.69 Å². The minimum absolute atomic E-state index is 0.119. The molecule has 0 heterocycles. The van der Waals surface area contributed by atoms with Gasteiger partial charge in [0, 0.05) is 10.2 Å². The van der Waals surface area contributed by atoms with Crippen LogP contribution in [0.25, 0.3) is 0 Å². The van der Waals surface area contributed by atoms with Crippen LogP contribution in [0.5, 0.6) is 5.75 Å². The number of nitrogens with one attached hydrogen (secondary N) is 1. The zero-order chi connectivity index (χ0) is 15.2. The molecule has 1 N–H and O–H groups in total. The summed E-state index contributed by atoms with van der Waals surface area (Å²) in [7, 11) is 0. The van der Waals surface area contributed by atoms with E-state index in [4.69, 9.17) is 21.6 Å². The van der Waals surface area contributed by atoms with Gasteiger partial charge < -0.3 is 10.1 Å². The minimum Gasteiger partial charge on any atom is -0.484 e. The molecule has 4 nitrogen and oxygen atoms in total. The third-order valence-corrected chi connectivity index (χ3v) is 3.77. The maximum Gasteiger partial charge on any atom is 0.262 e. The number of carbonyl (C=O) groups is 1. The summed E-state index contributed by atoms with van der Waals surface area (Å²) in [6, 6.07) is 13.7. The number of ether oxygens (including phenoxy) is 1. The normalized spacial score (nSPS) is 9.76. The fraction of sp³-hybridized carbons (Fsp3) is 0.0667. The number of benzene rings is 2. The SMILES string of the molecule is N#Cc1ccc(OCC(=O)Nc2ccc(Cl)c(Br)c2)cc1. The highest BCUT2D eigenvalue weighted by Crippen LogP contribution is 2.25. The van der Waals surface area contributed by atoms with Crippen molar-refractivity contribution in [2.24, 2.45) is 0 Å². The highest BCUT2D eigenvalue weighted by atomic mass is 79.9. The predicted molar refractivity (Wildman–Crippen MR) is 84.4 cm³/mol. The van der Waals surface area contributed by atoms with E-state index >= 15 is 0 Å². The molecule has 2 aromatic rings. The Bertz CT molecular complexity index is 696. The van der Waals surface area contributed by atoms with Crippen molar-refractivity contribution >= 4 is 39.1 Å². The molecule has 21 heavy (non-hydrogen) atoms. The van der Waals surface area contributed by atoms with Crippen molar-refractivity contribution in [3.8, 4) is 11.8 Å². The lowest BCUT2D eigenvalue weighted by molar-refractivity contribution is -0.118. The van der Waals surface area contributed by atoms with E-state index < -0.39 is 0 Å². The Labute approximate surface area is 135 Å². The molecule has 0 bridgehead atoms. The lowest BCUT2D eigenvalue weighted by atomic mass is 10.2. The van der Waals surface area contributed by atoms with E-state index in [0.717, 1.165) is 0 Å². The van der Waals surface area contributed by atoms with Crippen LogP contribution in [0, 0.1) is 11.3 Å². The van der Waals surface area contributed by atoms with E-state index in [2.05, 4.69) is 21.2 Å². The molecule has 0 spiro atoms. The highest BCUT2D eigenvalue weighted by molar-refractivity contribution is 9.10. The van der Waals surface area contributed by atoms with E-state index in [0.29, 0.717) is 26.5 Å². The van der Waals surface area contributed by atoms with Crippen LogP contribution in [0.15, 0.2) is 46.9 Å². The number of nitrogens with zero attached hydrogens (tertiary/aromatic N) is 1. The number of carbonyl (C=O) groups excluding carboxylic acids is 1. The molecule has 0 saturated carbocycles. The van der Waals surface area contributed by atoms with Gasteiger partial charge in [0.15, 0.2) is 6.61 Å². The first-order chi connectivity index (χ1) is 10.1. The second-order valence-electron chi connectivity index (χ2n) is 4.10. The number of amides is 1. The van der Waals surface area contributed by atoms with Crippen molar-refractivity contribution in [1.29, 1.82) is 5.26 Å². The number of hydrogen-bond donors (Lipinski definition) is 1. The molecule has 0 aliphatic heterocycles. The van der Waals surface area contributed by atoms with E-state index in [1.54, 1.807) is 42.5 Å². The van der Waals surface area contributed by atoms with Gasteiger partial charge in [0.25, 0.3) is 5.91 Å². The first-order valence-corrected chi connectivity index (χ1v) is 7.13. The second kappa shape index (κ2) is 7.11. The lowest BCUT2D eigenvalue weighted by Gasteiger charge is -2.08. The monoisotopic (exact) mass is 364 g/mol. The zero-order valence-corrected chi connectivity index (χ0v) is 13.1. The molecule has 0 fully saturated rings. The van der Waals surface area contributed by atoms with Crippen molar-refractivity contribution in [3.05, 3.63) is 57.5 Å².